The second kappa shape index (κ2) is 7.29. The van der Waals surface area contributed by atoms with Crippen LogP contribution in [0.2, 0.25) is 10.0 Å². The van der Waals surface area contributed by atoms with E-state index in [1.54, 1.807) is 42.5 Å². The molecular weight excluding hydrogens is 325 g/mol. The smallest absolute Gasteiger partial charge is 0.262 e. The molecule has 2 rings (SSSR count). The van der Waals surface area contributed by atoms with Crippen molar-refractivity contribution in [3.63, 3.8) is 0 Å². The molecule has 114 valence electrons. The molecule has 2 aromatic carbocycles. The Labute approximate surface area is 138 Å². The molecule has 2 aromatic rings. The molecule has 4 nitrogen and oxygen atoms in total. The van der Waals surface area contributed by atoms with Gasteiger partial charge in [-0.3, -0.25) is 9.59 Å². The topological polar surface area (TPSA) is 55.4 Å². The summed E-state index contributed by atoms with van der Waals surface area (Å²) in [4.78, 5) is 23.4. The highest BCUT2D eigenvalue weighted by Crippen LogP contribution is 2.32. The highest BCUT2D eigenvalue weighted by Gasteiger charge is 2.12. The summed E-state index contributed by atoms with van der Waals surface area (Å²) >= 11 is 11.9. The Bertz CT molecular complexity index is 696. The molecule has 0 aliphatic heterocycles. The highest BCUT2D eigenvalue weighted by atomic mass is 35.5. The molecule has 0 aromatic heterocycles. The highest BCUT2D eigenvalue weighted by molar-refractivity contribution is 6.37. The van der Waals surface area contributed by atoms with Crippen LogP contribution in [0.15, 0.2) is 42.5 Å². The van der Waals surface area contributed by atoms with Gasteiger partial charge in [0.1, 0.15) is 0 Å². The fraction of sp³-hybridized carbons (Fsp3) is 0.125. The van der Waals surface area contributed by atoms with Gasteiger partial charge in [-0.2, -0.15) is 0 Å². The van der Waals surface area contributed by atoms with Crippen LogP contribution in [0.5, 0.6) is 5.75 Å². The second-order valence-electron chi connectivity index (χ2n) is 4.49. The van der Waals surface area contributed by atoms with Crippen LogP contribution in [0.1, 0.15) is 17.3 Å². The number of para-hydroxylation sites is 2. The molecule has 6 heteroatoms. The van der Waals surface area contributed by atoms with Crippen LogP contribution in [0, 0.1) is 0 Å². The lowest BCUT2D eigenvalue weighted by atomic mass is 10.1. The van der Waals surface area contributed by atoms with Crippen LogP contribution >= 0.6 is 23.2 Å². The SMILES string of the molecule is CC(=O)c1ccccc1NC(=O)COc1c(Cl)cccc1Cl. The van der Waals surface area contributed by atoms with E-state index in [2.05, 4.69) is 5.32 Å². The van der Waals surface area contributed by atoms with E-state index in [9.17, 15) is 9.59 Å². The van der Waals surface area contributed by atoms with Crippen molar-refractivity contribution in [1.82, 2.24) is 0 Å². The van der Waals surface area contributed by atoms with E-state index >= 15 is 0 Å². The lowest BCUT2D eigenvalue weighted by molar-refractivity contribution is -0.118. The monoisotopic (exact) mass is 337 g/mol. The Morgan fingerprint density at radius 2 is 1.68 bits per heavy atom. The van der Waals surface area contributed by atoms with Gasteiger partial charge < -0.3 is 10.1 Å². The zero-order valence-electron chi connectivity index (χ0n) is 11.7. The molecule has 0 radical (unpaired) electrons. The van der Waals surface area contributed by atoms with Crippen molar-refractivity contribution >= 4 is 40.6 Å². The van der Waals surface area contributed by atoms with E-state index in [0.29, 0.717) is 21.3 Å². The number of hydrogen-bond donors (Lipinski definition) is 1. The van der Waals surface area contributed by atoms with Gasteiger partial charge in [0.2, 0.25) is 0 Å². The molecule has 0 aliphatic rings. The first-order valence-electron chi connectivity index (χ1n) is 6.45. The molecule has 0 saturated heterocycles. The van der Waals surface area contributed by atoms with Crippen molar-refractivity contribution in [2.24, 2.45) is 0 Å². The third-order valence-electron chi connectivity index (χ3n) is 2.85. The van der Waals surface area contributed by atoms with E-state index in [4.69, 9.17) is 27.9 Å². The number of ether oxygens (including phenoxy) is 1. The number of benzene rings is 2. The molecule has 1 N–H and O–H groups in total. The first-order chi connectivity index (χ1) is 10.5. The van der Waals surface area contributed by atoms with E-state index in [1.165, 1.54) is 6.92 Å². The van der Waals surface area contributed by atoms with Crippen molar-refractivity contribution in [2.75, 3.05) is 11.9 Å². The number of rotatable bonds is 5. The number of nitrogens with one attached hydrogen (secondary N) is 1. The summed E-state index contributed by atoms with van der Waals surface area (Å²) in [6.45, 7) is 1.17. The first-order valence-corrected chi connectivity index (χ1v) is 7.21. The van der Waals surface area contributed by atoms with Gasteiger partial charge in [-0.25, -0.2) is 0 Å². The maximum absolute atomic E-state index is 11.9. The third kappa shape index (κ3) is 4.00. The standard InChI is InChI=1S/C16H13Cl2NO3/c1-10(20)11-5-2-3-8-14(11)19-15(21)9-22-16-12(17)6-4-7-13(16)18/h2-8H,9H2,1H3,(H,19,21). The summed E-state index contributed by atoms with van der Waals surface area (Å²) in [5, 5.41) is 3.28. The van der Waals surface area contributed by atoms with Crippen LogP contribution in [-0.4, -0.2) is 18.3 Å². The van der Waals surface area contributed by atoms with Gasteiger partial charge in [0.25, 0.3) is 5.91 Å². The van der Waals surface area contributed by atoms with Gasteiger partial charge in [-0.05, 0) is 31.2 Å². The summed E-state index contributed by atoms with van der Waals surface area (Å²) < 4.78 is 5.34. The number of Topliss-reactive ketones (excluding diaryl/α,β-unsaturated/α-hetero) is 1. The summed E-state index contributed by atoms with van der Waals surface area (Å²) in [7, 11) is 0. The number of hydrogen-bond acceptors (Lipinski definition) is 3. The Morgan fingerprint density at radius 1 is 1.05 bits per heavy atom. The maximum Gasteiger partial charge on any atom is 0.262 e. The molecule has 0 fully saturated rings. The Morgan fingerprint density at radius 3 is 2.32 bits per heavy atom. The quantitative estimate of drug-likeness (QED) is 0.831. The van der Waals surface area contributed by atoms with Crippen LogP contribution in [0.3, 0.4) is 0 Å². The van der Waals surface area contributed by atoms with Gasteiger partial charge in [-0.15, -0.1) is 0 Å². The van der Waals surface area contributed by atoms with E-state index in [-0.39, 0.29) is 18.1 Å². The van der Waals surface area contributed by atoms with Gasteiger partial charge >= 0.3 is 0 Å². The fourth-order valence-corrected chi connectivity index (χ4v) is 2.35. The zero-order chi connectivity index (χ0) is 16.1. The summed E-state index contributed by atoms with van der Waals surface area (Å²) in [5.41, 5.74) is 0.875. The molecule has 0 atom stereocenters. The number of ketones is 1. The number of amides is 1. The van der Waals surface area contributed by atoms with E-state index in [0.717, 1.165) is 0 Å². The number of anilines is 1. The average Bonchev–Trinajstić information content (AvgIpc) is 2.47. The minimum atomic E-state index is -0.412. The normalized spacial score (nSPS) is 10.1. The molecule has 0 saturated carbocycles. The number of carbonyl (C=O) groups is 2. The zero-order valence-corrected chi connectivity index (χ0v) is 13.2. The van der Waals surface area contributed by atoms with E-state index < -0.39 is 5.91 Å². The fourth-order valence-electron chi connectivity index (χ4n) is 1.84. The van der Waals surface area contributed by atoms with E-state index in [1.807, 2.05) is 0 Å². The van der Waals surface area contributed by atoms with Crippen molar-refractivity contribution in [2.45, 2.75) is 6.92 Å². The van der Waals surface area contributed by atoms with Gasteiger partial charge in [-0.1, -0.05) is 41.4 Å². The summed E-state index contributed by atoms with van der Waals surface area (Å²) in [6, 6.07) is 11.7. The van der Waals surface area contributed by atoms with Crippen LogP contribution in [0.25, 0.3) is 0 Å². The van der Waals surface area contributed by atoms with Crippen LogP contribution in [-0.2, 0) is 4.79 Å². The predicted molar refractivity (Wildman–Crippen MR) is 87.0 cm³/mol. The molecule has 0 unspecified atom stereocenters. The van der Waals surface area contributed by atoms with Crippen LogP contribution < -0.4 is 10.1 Å². The largest absolute Gasteiger partial charge is 0.481 e. The van der Waals surface area contributed by atoms with Gasteiger partial charge in [0, 0.05) is 5.56 Å². The first kappa shape index (κ1) is 16.3. The minimum absolute atomic E-state index is 0.133. The van der Waals surface area contributed by atoms with Gasteiger partial charge in [0.05, 0.1) is 15.7 Å². The average molecular weight is 338 g/mol. The van der Waals surface area contributed by atoms with Crippen molar-refractivity contribution in [3.8, 4) is 5.75 Å². The lowest BCUT2D eigenvalue weighted by Crippen LogP contribution is -2.21. The summed E-state index contributed by atoms with van der Waals surface area (Å²) in [6.07, 6.45) is 0. The lowest BCUT2D eigenvalue weighted by Gasteiger charge is -2.11. The molecule has 0 aliphatic carbocycles. The molecule has 22 heavy (non-hydrogen) atoms. The predicted octanol–water partition coefficient (Wildman–Crippen LogP) is 4.21. The number of carbonyl (C=O) groups excluding carboxylic acids is 2. The molecule has 0 spiro atoms. The van der Waals surface area contributed by atoms with Crippen molar-refractivity contribution < 1.29 is 14.3 Å². The summed E-state index contributed by atoms with van der Waals surface area (Å²) in [5.74, 6) is -0.295. The Hall–Kier alpha value is -2.04. The molecule has 0 bridgehead atoms. The minimum Gasteiger partial charge on any atom is -0.481 e. The number of halogens is 2. The third-order valence-corrected chi connectivity index (χ3v) is 3.44. The Kier molecular flexibility index (Phi) is 5.41. The molecule has 1 amide bonds. The van der Waals surface area contributed by atoms with Crippen molar-refractivity contribution in [3.05, 3.63) is 58.1 Å². The molecule has 0 heterocycles. The van der Waals surface area contributed by atoms with Crippen LogP contribution in [0.4, 0.5) is 5.69 Å². The molecular formula is C16H13Cl2NO3. The maximum atomic E-state index is 11.9. The Balaban J connectivity index is 2.04. The second-order valence-corrected chi connectivity index (χ2v) is 5.30. The van der Waals surface area contributed by atoms with Crippen molar-refractivity contribution in [1.29, 1.82) is 0 Å². The van der Waals surface area contributed by atoms with Gasteiger partial charge in [0.15, 0.2) is 18.1 Å².